The lowest BCUT2D eigenvalue weighted by Crippen LogP contribution is -2.53. The van der Waals surface area contributed by atoms with Crippen LogP contribution in [0.2, 0.25) is 0 Å². The number of carbonyl (C=O) groups is 2. The standard InChI is InChI=1S/C19H27N3O3/c1-25-18(23)16-9-5-6-10-17(16)20-19(24)22-13-11-21(12-14-22)15-7-3-2-4-8-15/h5-6,9-10,15H,2-4,7-8,11-14H2,1H3,(H,20,24). The number of ether oxygens (including phenoxy) is 1. The molecule has 1 saturated heterocycles. The van der Waals surface area contributed by atoms with Crippen LogP contribution in [0.4, 0.5) is 10.5 Å². The molecule has 0 bridgehead atoms. The van der Waals surface area contributed by atoms with E-state index in [1.165, 1.54) is 39.2 Å². The van der Waals surface area contributed by atoms with Crippen LogP contribution in [0.3, 0.4) is 0 Å². The first-order valence-electron chi connectivity index (χ1n) is 9.16. The molecule has 1 aromatic rings. The molecule has 1 saturated carbocycles. The van der Waals surface area contributed by atoms with E-state index in [1.807, 2.05) is 4.90 Å². The number of hydrogen-bond acceptors (Lipinski definition) is 4. The zero-order chi connectivity index (χ0) is 17.6. The molecule has 0 unspecified atom stereocenters. The van der Waals surface area contributed by atoms with Gasteiger partial charge < -0.3 is 15.0 Å². The molecule has 1 aromatic carbocycles. The summed E-state index contributed by atoms with van der Waals surface area (Å²) in [5, 5.41) is 2.86. The monoisotopic (exact) mass is 345 g/mol. The highest BCUT2D eigenvalue weighted by Gasteiger charge is 2.27. The molecule has 6 nitrogen and oxygen atoms in total. The Morgan fingerprint density at radius 2 is 1.72 bits per heavy atom. The van der Waals surface area contributed by atoms with E-state index < -0.39 is 5.97 Å². The van der Waals surface area contributed by atoms with Gasteiger partial charge in [-0.2, -0.15) is 0 Å². The van der Waals surface area contributed by atoms with E-state index in [1.54, 1.807) is 24.3 Å². The summed E-state index contributed by atoms with van der Waals surface area (Å²) < 4.78 is 4.77. The van der Waals surface area contributed by atoms with Crippen molar-refractivity contribution in [3.63, 3.8) is 0 Å². The molecule has 0 atom stereocenters. The van der Waals surface area contributed by atoms with Crippen LogP contribution in [0, 0.1) is 0 Å². The van der Waals surface area contributed by atoms with Crippen LogP contribution in [0.15, 0.2) is 24.3 Å². The number of esters is 1. The minimum Gasteiger partial charge on any atom is -0.465 e. The Morgan fingerprint density at radius 1 is 1.04 bits per heavy atom. The smallest absolute Gasteiger partial charge is 0.339 e. The molecule has 6 heteroatoms. The van der Waals surface area contributed by atoms with Crippen molar-refractivity contribution in [2.24, 2.45) is 0 Å². The second kappa shape index (κ2) is 8.34. The van der Waals surface area contributed by atoms with Crippen molar-refractivity contribution < 1.29 is 14.3 Å². The number of nitrogens with zero attached hydrogens (tertiary/aromatic N) is 2. The molecule has 2 aliphatic rings. The Labute approximate surface area is 149 Å². The Balaban J connectivity index is 1.56. The predicted molar refractivity (Wildman–Crippen MR) is 96.8 cm³/mol. The fraction of sp³-hybridized carbons (Fsp3) is 0.579. The summed E-state index contributed by atoms with van der Waals surface area (Å²) >= 11 is 0. The van der Waals surface area contributed by atoms with Gasteiger partial charge in [-0.05, 0) is 25.0 Å². The molecule has 3 rings (SSSR count). The van der Waals surface area contributed by atoms with Gasteiger partial charge in [-0.1, -0.05) is 31.4 Å². The average Bonchev–Trinajstić information content (AvgIpc) is 2.68. The second-order valence-corrected chi connectivity index (χ2v) is 6.78. The van der Waals surface area contributed by atoms with Crippen molar-refractivity contribution in [1.29, 1.82) is 0 Å². The Bertz CT molecular complexity index is 606. The van der Waals surface area contributed by atoms with E-state index in [0.717, 1.165) is 26.2 Å². The van der Waals surface area contributed by atoms with Crippen molar-refractivity contribution in [3.8, 4) is 0 Å². The van der Waals surface area contributed by atoms with Crippen LogP contribution < -0.4 is 5.32 Å². The summed E-state index contributed by atoms with van der Waals surface area (Å²) in [4.78, 5) is 28.7. The second-order valence-electron chi connectivity index (χ2n) is 6.78. The first-order valence-corrected chi connectivity index (χ1v) is 9.16. The molecule has 1 aliphatic heterocycles. The maximum Gasteiger partial charge on any atom is 0.339 e. The third-order valence-electron chi connectivity index (χ3n) is 5.27. The fourth-order valence-corrected chi connectivity index (χ4v) is 3.81. The average molecular weight is 345 g/mol. The van der Waals surface area contributed by atoms with E-state index in [2.05, 4.69) is 10.2 Å². The summed E-state index contributed by atoms with van der Waals surface area (Å²) in [6.07, 6.45) is 6.60. The van der Waals surface area contributed by atoms with Crippen molar-refractivity contribution in [1.82, 2.24) is 9.80 Å². The highest BCUT2D eigenvalue weighted by atomic mass is 16.5. The molecular formula is C19H27N3O3. The lowest BCUT2D eigenvalue weighted by atomic mass is 9.94. The number of nitrogens with one attached hydrogen (secondary N) is 1. The fourth-order valence-electron chi connectivity index (χ4n) is 3.81. The zero-order valence-corrected chi connectivity index (χ0v) is 14.9. The lowest BCUT2D eigenvalue weighted by molar-refractivity contribution is 0.0602. The molecule has 25 heavy (non-hydrogen) atoms. The number of methoxy groups -OCH3 is 1. The van der Waals surface area contributed by atoms with Gasteiger partial charge in [-0.25, -0.2) is 9.59 Å². The van der Waals surface area contributed by atoms with Gasteiger partial charge in [-0.3, -0.25) is 4.90 Å². The van der Waals surface area contributed by atoms with Gasteiger partial charge in [0.15, 0.2) is 0 Å². The van der Waals surface area contributed by atoms with Crippen LogP contribution in [-0.2, 0) is 4.74 Å². The van der Waals surface area contributed by atoms with E-state index in [-0.39, 0.29) is 6.03 Å². The number of urea groups is 1. The minimum absolute atomic E-state index is 0.153. The minimum atomic E-state index is -0.446. The van der Waals surface area contributed by atoms with E-state index in [0.29, 0.717) is 17.3 Å². The van der Waals surface area contributed by atoms with Crippen LogP contribution >= 0.6 is 0 Å². The van der Waals surface area contributed by atoms with E-state index in [4.69, 9.17) is 4.74 Å². The molecule has 136 valence electrons. The highest BCUT2D eigenvalue weighted by molar-refractivity contribution is 6.00. The Hall–Kier alpha value is -2.08. The number of amides is 2. The van der Waals surface area contributed by atoms with Gasteiger partial charge in [0.2, 0.25) is 0 Å². The Morgan fingerprint density at radius 3 is 2.40 bits per heavy atom. The molecule has 0 radical (unpaired) electrons. The van der Waals surface area contributed by atoms with E-state index >= 15 is 0 Å². The first-order chi connectivity index (χ1) is 12.2. The van der Waals surface area contributed by atoms with Crippen LogP contribution in [-0.4, -0.2) is 61.1 Å². The molecule has 1 heterocycles. The van der Waals surface area contributed by atoms with Gasteiger partial charge in [0.25, 0.3) is 0 Å². The molecular weight excluding hydrogens is 318 g/mol. The summed E-state index contributed by atoms with van der Waals surface area (Å²) in [6, 6.07) is 7.47. The molecule has 2 amide bonds. The van der Waals surface area contributed by atoms with Crippen LogP contribution in [0.25, 0.3) is 0 Å². The lowest BCUT2D eigenvalue weighted by Gasteiger charge is -2.40. The van der Waals surface area contributed by atoms with E-state index in [9.17, 15) is 9.59 Å². The number of rotatable bonds is 3. The number of benzene rings is 1. The van der Waals surface area contributed by atoms with Gasteiger partial charge in [0, 0.05) is 32.2 Å². The SMILES string of the molecule is COC(=O)c1ccccc1NC(=O)N1CCN(C2CCCCC2)CC1. The largest absolute Gasteiger partial charge is 0.465 e. The maximum absolute atomic E-state index is 12.6. The third kappa shape index (κ3) is 4.31. The number of hydrogen-bond donors (Lipinski definition) is 1. The molecule has 1 aliphatic carbocycles. The van der Waals surface area contributed by atoms with Gasteiger partial charge in [0.05, 0.1) is 18.4 Å². The van der Waals surface area contributed by atoms with Gasteiger partial charge in [0.1, 0.15) is 0 Å². The van der Waals surface area contributed by atoms with Crippen molar-refractivity contribution in [2.45, 2.75) is 38.1 Å². The number of piperazine rings is 1. The molecule has 2 fully saturated rings. The van der Waals surface area contributed by atoms with Gasteiger partial charge in [-0.15, -0.1) is 0 Å². The number of carbonyl (C=O) groups excluding carboxylic acids is 2. The van der Waals surface area contributed by atoms with Crippen LogP contribution in [0.1, 0.15) is 42.5 Å². The number of anilines is 1. The Kier molecular flexibility index (Phi) is 5.91. The van der Waals surface area contributed by atoms with Crippen molar-refractivity contribution in [2.75, 3.05) is 38.6 Å². The first kappa shape index (κ1) is 17.7. The molecule has 0 aromatic heterocycles. The summed E-state index contributed by atoms with van der Waals surface area (Å²) in [5.41, 5.74) is 0.869. The number of para-hydroxylation sites is 1. The van der Waals surface area contributed by atoms with Crippen molar-refractivity contribution >= 4 is 17.7 Å². The summed E-state index contributed by atoms with van der Waals surface area (Å²) in [7, 11) is 1.34. The summed E-state index contributed by atoms with van der Waals surface area (Å²) in [5.74, 6) is -0.446. The molecule has 1 N–H and O–H groups in total. The molecule has 0 spiro atoms. The van der Waals surface area contributed by atoms with Gasteiger partial charge >= 0.3 is 12.0 Å². The maximum atomic E-state index is 12.6. The highest BCUT2D eigenvalue weighted by Crippen LogP contribution is 2.24. The third-order valence-corrected chi connectivity index (χ3v) is 5.27. The van der Waals surface area contributed by atoms with Crippen LogP contribution in [0.5, 0.6) is 0 Å². The zero-order valence-electron chi connectivity index (χ0n) is 14.9. The summed E-state index contributed by atoms with van der Waals surface area (Å²) in [6.45, 7) is 3.30. The quantitative estimate of drug-likeness (QED) is 0.856. The predicted octanol–water partition coefficient (Wildman–Crippen LogP) is 2.96. The normalized spacial score (nSPS) is 19.5. The topological polar surface area (TPSA) is 61.9 Å². The van der Waals surface area contributed by atoms with Crippen molar-refractivity contribution in [3.05, 3.63) is 29.8 Å².